The van der Waals surface area contributed by atoms with Crippen LogP contribution in [0, 0.1) is 0 Å². The van der Waals surface area contributed by atoms with Crippen LogP contribution in [-0.2, 0) is 0 Å². The van der Waals surface area contributed by atoms with Crippen LogP contribution in [0.4, 0.5) is 0 Å². The predicted molar refractivity (Wildman–Crippen MR) is 42.0 cm³/mol. The van der Waals surface area contributed by atoms with E-state index in [0.717, 1.165) is 0 Å². The molecule has 0 saturated heterocycles. The average Bonchev–Trinajstić information content (AvgIpc) is 1.89. The zero-order valence-electron chi connectivity index (χ0n) is 5.25. The Hall–Kier alpha value is -0.220. The van der Waals surface area contributed by atoms with Gasteiger partial charge in [0, 0.05) is 18.9 Å². The Morgan fingerprint density at radius 3 is 2.78 bits per heavy atom. The van der Waals surface area contributed by atoms with Gasteiger partial charge in [-0.1, -0.05) is 0 Å². The molecule has 0 saturated carbocycles. The van der Waals surface area contributed by atoms with Gasteiger partial charge in [0.15, 0.2) is 0 Å². The number of aliphatic imine (C=N–C) groups is 1. The van der Waals surface area contributed by atoms with Gasteiger partial charge in [0.1, 0.15) is 5.84 Å². The molecule has 0 aliphatic heterocycles. The van der Waals surface area contributed by atoms with E-state index in [1.165, 1.54) is 0 Å². The Bertz CT molecular complexity index is 95.0. The number of amidine groups is 1. The van der Waals surface area contributed by atoms with Crippen molar-refractivity contribution in [3.8, 4) is 0 Å². The van der Waals surface area contributed by atoms with Crippen LogP contribution in [0.5, 0.6) is 0 Å². The molecular weight excluding hydrogens is 136 g/mol. The zero-order chi connectivity index (χ0) is 7.11. The van der Waals surface area contributed by atoms with Crippen molar-refractivity contribution in [3.05, 3.63) is 0 Å². The first kappa shape index (κ1) is 8.78. The second-order valence-corrected chi connectivity index (χ2v) is 1.92. The lowest BCUT2D eigenvalue weighted by Crippen LogP contribution is -2.13. The van der Waals surface area contributed by atoms with Gasteiger partial charge in [-0.25, -0.2) is 0 Å². The second kappa shape index (κ2) is 5.91. The highest BCUT2D eigenvalue weighted by atomic mass is 32.1. The highest BCUT2D eigenvalue weighted by Gasteiger charge is 1.84. The summed E-state index contributed by atoms with van der Waals surface area (Å²) < 4.78 is 0. The van der Waals surface area contributed by atoms with Crippen molar-refractivity contribution in [3.63, 3.8) is 0 Å². The second-order valence-electron chi connectivity index (χ2n) is 1.61. The van der Waals surface area contributed by atoms with Gasteiger partial charge in [-0.15, -0.1) is 0 Å². The van der Waals surface area contributed by atoms with Crippen molar-refractivity contribution in [1.82, 2.24) is 0 Å². The molecule has 0 radical (unpaired) electrons. The molecule has 54 valence electrons. The quantitative estimate of drug-likeness (QED) is 0.221. The van der Waals surface area contributed by atoms with Crippen LogP contribution in [0.2, 0.25) is 0 Å². The van der Waals surface area contributed by atoms with Crippen LogP contribution in [0.15, 0.2) is 4.99 Å². The smallest absolute Gasteiger partial charge is 0.103 e. The third kappa shape index (κ3) is 5.65. The lowest BCUT2D eigenvalue weighted by Gasteiger charge is -1.93. The summed E-state index contributed by atoms with van der Waals surface area (Å²) in [4.78, 5) is 3.89. The molecule has 0 rings (SSSR count). The predicted octanol–water partition coefficient (Wildman–Crippen LogP) is -0.344. The molecule has 4 heteroatoms. The third-order valence-corrected chi connectivity index (χ3v) is 1.12. The lowest BCUT2D eigenvalue weighted by molar-refractivity contribution is 0.291. The van der Waals surface area contributed by atoms with Crippen LogP contribution in [0.25, 0.3) is 0 Å². The Balaban J connectivity index is 3.21. The number of aliphatic hydroxyl groups excluding tert-OH is 1. The van der Waals surface area contributed by atoms with E-state index in [2.05, 4.69) is 17.6 Å². The molecule has 0 unspecified atom stereocenters. The van der Waals surface area contributed by atoms with E-state index in [-0.39, 0.29) is 6.61 Å². The summed E-state index contributed by atoms with van der Waals surface area (Å²) in [6.07, 6.45) is 0.675. The van der Waals surface area contributed by atoms with Crippen molar-refractivity contribution < 1.29 is 5.11 Å². The lowest BCUT2D eigenvalue weighted by atomic mass is 10.5. The molecule has 0 aromatic heterocycles. The molecule has 0 spiro atoms. The van der Waals surface area contributed by atoms with E-state index >= 15 is 0 Å². The molecule has 0 aliphatic carbocycles. The molecule has 3 nitrogen and oxygen atoms in total. The molecule has 0 amide bonds. The summed E-state index contributed by atoms with van der Waals surface area (Å²) in [5, 5.41) is 8.32. The number of thiol groups is 1. The van der Waals surface area contributed by atoms with Gasteiger partial charge in [0.05, 0.1) is 0 Å². The van der Waals surface area contributed by atoms with E-state index in [4.69, 9.17) is 10.8 Å². The maximum atomic E-state index is 8.32. The normalized spacial score (nSPS) is 12.0. The standard InChI is InChI=1S/C5H12N2OS/c6-5(4-9)7-2-1-3-8/h8-9H,1-4H2,(H2,6,7). The minimum absolute atomic E-state index is 0.170. The van der Waals surface area contributed by atoms with Gasteiger partial charge in [-0.05, 0) is 6.42 Å². The van der Waals surface area contributed by atoms with E-state index < -0.39 is 0 Å². The fraction of sp³-hybridized carbons (Fsp3) is 0.800. The highest BCUT2D eigenvalue weighted by Crippen LogP contribution is 1.80. The molecule has 0 fully saturated rings. The van der Waals surface area contributed by atoms with Crippen molar-refractivity contribution in [2.45, 2.75) is 6.42 Å². The van der Waals surface area contributed by atoms with Gasteiger partial charge in [-0.3, -0.25) is 4.99 Å². The van der Waals surface area contributed by atoms with E-state index in [9.17, 15) is 0 Å². The summed E-state index contributed by atoms with van der Waals surface area (Å²) in [6.45, 7) is 0.770. The van der Waals surface area contributed by atoms with Crippen LogP contribution in [0.1, 0.15) is 6.42 Å². The van der Waals surface area contributed by atoms with Gasteiger partial charge < -0.3 is 10.8 Å². The maximum Gasteiger partial charge on any atom is 0.103 e. The van der Waals surface area contributed by atoms with Gasteiger partial charge in [0.2, 0.25) is 0 Å². The highest BCUT2D eigenvalue weighted by molar-refractivity contribution is 7.81. The van der Waals surface area contributed by atoms with E-state index in [1.54, 1.807) is 0 Å². The molecule has 0 heterocycles. The Kier molecular flexibility index (Phi) is 5.76. The SMILES string of the molecule is NC(CS)=NCCCO. The fourth-order valence-corrected chi connectivity index (χ4v) is 0.443. The minimum Gasteiger partial charge on any atom is -0.396 e. The maximum absolute atomic E-state index is 8.32. The van der Waals surface area contributed by atoms with Crippen molar-refractivity contribution in [1.29, 1.82) is 0 Å². The summed E-state index contributed by atoms with van der Waals surface area (Å²) >= 11 is 3.90. The number of nitrogens with two attached hydrogens (primary N) is 1. The van der Waals surface area contributed by atoms with Crippen molar-refractivity contribution in [2.24, 2.45) is 10.7 Å². The summed E-state index contributed by atoms with van der Waals surface area (Å²) in [7, 11) is 0. The van der Waals surface area contributed by atoms with Crippen molar-refractivity contribution in [2.75, 3.05) is 18.9 Å². The van der Waals surface area contributed by atoms with Gasteiger partial charge >= 0.3 is 0 Å². The third-order valence-electron chi connectivity index (χ3n) is 0.793. The summed E-state index contributed by atoms with van der Waals surface area (Å²) in [5.41, 5.74) is 5.31. The number of rotatable bonds is 4. The molecular formula is C5H12N2OS. The number of aliphatic hydroxyl groups is 1. The molecule has 0 atom stereocenters. The van der Waals surface area contributed by atoms with E-state index in [1.807, 2.05) is 0 Å². The first-order valence-corrected chi connectivity index (χ1v) is 3.45. The van der Waals surface area contributed by atoms with Crippen LogP contribution in [-0.4, -0.2) is 29.8 Å². The molecule has 3 N–H and O–H groups in total. The Morgan fingerprint density at radius 2 is 2.33 bits per heavy atom. The average molecular weight is 148 g/mol. The minimum atomic E-state index is 0.170. The topological polar surface area (TPSA) is 58.6 Å². The van der Waals surface area contributed by atoms with Crippen LogP contribution >= 0.6 is 12.6 Å². The van der Waals surface area contributed by atoms with Crippen LogP contribution in [0.3, 0.4) is 0 Å². The van der Waals surface area contributed by atoms with Gasteiger partial charge in [0.25, 0.3) is 0 Å². The zero-order valence-corrected chi connectivity index (χ0v) is 6.14. The Morgan fingerprint density at radius 1 is 1.67 bits per heavy atom. The summed E-state index contributed by atoms with van der Waals surface area (Å²) in [5.74, 6) is 1.03. The van der Waals surface area contributed by atoms with Crippen molar-refractivity contribution >= 4 is 18.5 Å². The molecule has 0 aliphatic rings. The summed E-state index contributed by atoms with van der Waals surface area (Å²) in [6, 6.07) is 0. The first-order valence-electron chi connectivity index (χ1n) is 2.81. The molecule has 0 aromatic carbocycles. The molecule has 9 heavy (non-hydrogen) atoms. The monoisotopic (exact) mass is 148 g/mol. The van der Waals surface area contributed by atoms with E-state index in [0.29, 0.717) is 24.6 Å². The number of hydrogen-bond acceptors (Lipinski definition) is 3. The number of hydrogen-bond donors (Lipinski definition) is 3. The van der Waals surface area contributed by atoms with Gasteiger partial charge in [-0.2, -0.15) is 12.6 Å². The number of nitrogens with zero attached hydrogens (tertiary/aromatic N) is 1. The Labute approximate surface area is 60.4 Å². The van der Waals surface area contributed by atoms with Crippen LogP contribution < -0.4 is 5.73 Å². The first-order chi connectivity index (χ1) is 4.31. The largest absolute Gasteiger partial charge is 0.396 e. The molecule has 0 aromatic rings. The molecule has 0 bridgehead atoms. The fourth-order valence-electron chi connectivity index (χ4n) is 0.343.